The summed E-state index contributed by atoms with van der Waals surface area (Å²) in [6, 6.07) is 19.8. The summed E-state index contributed by atoms with van der Waals surface area (Å²) in [4.78, 5) is 17.9. The van der Waals surface area contributed by atoms with Gasteiger partial charge in [-0.25, -0.2) is 4.98 Å². The van der Waals surface area contributed by atoms with Crippen molar-refractivity contribution in [3.8, 4) is 17.1 Å². The molecule has 0 bridgehead atoms. The van der Waals surface area contributed by atoms with Crippen LogP contribution < -0.4 is 10.3 Å². The van der Waals surface area contributed by atoms with Gasteiger partial charge in [0.2, 0.25) is 0 Å². The highest BCUT2D eigenvalue weighted by Gasteiger charge is 2.13. The van der Waals surface area contributed by atoms with Gasteiger partial charge in [-0.15, -0.1) is 0 Å². The number of nitrogens with zero attached hydrogens (tertiary/aromatic N) is 2. The molecule has 0 atom stereocenters. The minimum atomic E-state index is -0.0960. The first-order chi connectivity index (χ1) is 14.5. The molecule has 0 aliphatic carbocycles. The van der Waals surface area contributed by atoms with Crippen molar-refractivity contribution in [2.24, 2.45) is 0 Å². The average Bonchev–Trinajstić information content (AvgIpc) is 2.74. The van der Waals surface area contributed by atoms with E-state index in [4.69, 9.17) is 44.5 Å². The third kappa shape index (κ3) is 4.31. The SMILES string of the molecule is O=c1c2ccccc2nc(-c2ccc(Cl)cc2)n1CCCOc1c(Cl)cccc1Cl. The molecule has 0 aliphatic rings. The second-order valence-corrected chi connectivity index (χ2v) is 7.92. The van der Waals surface area contributed by atoms with Crippen LogP contribution in [0.4, 0.5) is 0 Å². The van der Waals surface area contributed by atoms with Crippen molar-refractivity contribution in [3.63, 3.8) is 0 Å². The van der Waals surface area contributed by atoms with Crippen LogP contribution in [-0.4, -0.2) is 16.2 Å². The number of hydrogen-bond donors (Lipinski definition) is 0. The van der Waals surface area contributed by atoms with Gasteiger partial charge in [-0.2, -0.15) is 0 Å². The van der Waals surface area contributed by atoms with E-state index in [1.54, 1.807) is 41.0 Å². The quantitative estimate of drug-likeness (QED) is 0.309. The topological polar surface area (TPSA) is 44.1 Å². The zero-order valence-corrected chi connectivity index (χ0v) is 18.1. The van der Waals surface area contributed by atoms with E-state index in [0.29, 0.717) is 57.1 Å². The van der Waals surface area contributed by atoms with Gasteiger partial charge in [0.25, 0.3) is 5.56 Å². The van der Waals surface area contributed by atoms with Crippen molar-refractivity contribution in [1.29, 1.82) is 0 Å². The molecule has 4 nitrogen and oxygen atoms in total. The Hall–Kier alpha value is -2.53. The number of benzene rings is 3. The van der Waals surface area contributed by atoms with Gasteiger partial charge in [0.05, 0.1) is 27.6 Å². The molecule has 0 fully saturated rings. The molecule has 0 amide bonds. The Balaban J connectivity index is 1.63. The van der Waals surface area contributed by atoms with Crippen molar-refractivity contribution >= 4 is 45.7 Å². The molecular weight excluding hydrogens is 443 g/mol. The smallest absolute Gasteiger partial charge is 0.261 e. The van der Waals surface area contributed by atoms with Gasteiger partial charge in [-0.3, -0.25) is 9.36 Å². The molecule has 1 aromatic heterocycles. The highest BCUT2D eigenvalue weighted by molar-refractivity contribution is 6.37. The predicted molar refractivity (Wildman–Crippen MR) is 123 cm³/mol. The van der Waals surface area contributed by atoms with Gasteiger partial charge in [0.15, 0.2) is 5.75 Å². The molecule has 0 radical (unpaired) electrons. The second kappa shape index (κ2) is 9.09. The lowest BCUT2D eigenvalue weighted by Crippen LogP contribution is -2.24. The Morgan fingerprint density at radius 2 is 1.57 bits per heavy atom. The Morgan fingerprint density at radius 1 is 0.867 bits per heavy atom. The van der Waals surface area contributed by atoms with E-state index >= 15 is 0 Å². The maximum atomic E-state index is 13.2. The number of aromatic nitrogens is 2. The van der Waals surface area contributed by atoms with Crippen LogP contribution in [0.3, 0.4) is 0 Å². The number of rotatable bonds is 6. The van der Waals surface area contributed by atoms with Crippen molar-refractivity contribution < 1.29 is 4.74 Å². The second-order valence-electron chi connectivity index (χ2n) is 6.67. The highest BCUT2D eigenvalue weighted by Crippen LogP contribution is 2.32. The lowest BCUT2D eigenvalue weighted by Gasteiger charge is -2.15. The van der Waals surface area contributed by atoms with Crippen molar-refractivity contribution in [2.45, 2.75) is 13.0 Å². The fourth-order valence-electron chi connectivity index (χ4n) is 3.21. The van der Waals surface area contributed by atoms with Gasteiger partial charge in [0, 0.05) is 17.1 Å². The molecule has 0 saturated carbocycles. The van der Waals surface area contributed by atoms with Crippen LogP contribution in [0.2, 0.25) is 15.1 Å². The van der Waals surface area contributed by atoms with Gasteiger partial charge in [0.1, 0.15) is 5.82 Å². The largest absolute Gasteiger partial charge is 0.490 e. The summed E-state index contributed by atoms with van der Waals surface area (Å²) in [6.45, 7) is 0.777. The summed E-state index contributed by atoms with van der Waals surface area (Å²) >= 11 is 18.3. The van der Waals surface area contributed by atoms with Crippen molar-refractivity contribution in [3.05, 3.63) is 92.2 Å². The number of para-hydroxylation sites is 2. The zero-order chi connectivity index (χ0) is 21.1. The van der Waals surface area contributed by atoms with Gasteiger partial charge in [-0.05, 0) is 55.0 Å². The first-order valence-corrected chi connectivity index (χ1v) is 10.5. The van der Waals surface area contributed by atoms with Crippen LogP contribution in [-0.2, 0) is 6.54 Å². The van der Waals surface area contributed by atoms with E-state index in [1.165, 1.54) is 0 Å². The van der Waals surface area contributed by atoms with Gasteiger partial charge in [-0.1, -0.05) is 53.0 Å². The Kier molecular flexibility index (Phi) is 6.28. The summed E-state index contributed by atoms with van der Waals surface area (Å²) in [5, 5.41) is 2.10. The third-order valence-electron chi connectivity index (χ3n) is 4.66. The molecule has 0 N–H and O–H groups in total. The van der Waals surface area contributed by atoms with Gasteiger partial charge >= 0.3 is 0 Å². The van der Waals surface area contributed by atoms with Crippen LogP contribution in [0.25, 0.3) is 22.3 Å². The van der Waals surface area contributed by atoms with E-state index in [9.17, 15) is 4.79 Å². The molecular formula is C23H17Cl3N2O2. The summed E-state index contributed by atoms with van der Waals surface area (Å²) in [6.07, 6.45) is 0.571. The monoisotopic (exact) mass is 458 g/mol. The molecule has 4 aromatic rings. The first-order valence-electron chi connectivity index (χ1n) is 9.37. The standard InChI is InChI=1S/C23H17Cl3N2O2/c24-16-11-9-15(10-12-16)22-27-20-8-2-1-5-17(20)23(29)28(22)13-4-14-30-21-18(25)6-3-7-19(21)26/h1-3,5-12H,4,13-14H2. The zero-order valence-electron chi connectivity index (χ0n) is 15.8. The lowest BCUT2D eigenvalue weighted by molar-refractivity contribution is 0.301. The minimum Gasteiger partial charge on any atom is -0.490 e. The number of hydrogen-bond acceptors (Lipinski definition) is 3. The molecule has 152 valence electrons. The third-order valence-corrected chi connectivity index (χ3v) is 5.50. The number of halogens is 3. The van der Waals surface area contributed by atoms with E-state index in [1.807, 2.05) is 30.3 Å². The van der Waals surface area contributed by atoms with Crippen LogP contribution in [0.15, 0.2) is 71.5 Å². The van der Waals surface area contributed by atoms with Crippen LogP contribution in [0, 0.1) is 0 Å². The predicted octanol–water partition coefficient (Wildman–Crippen LogP) is 6.49. The fourth-order valence-corrected chi connectivity index (χ4v) is 3.84. The van der Waals surface area contributed by atoms with E-state index < -0.39 is 0 Å². The molecule has 3 aromatic carbocycles. The molecule has 7 heteroatoms. The average molecular weight is 460 g/mol. The Morgan fingerprint density at radius 3 is 2.30 bits per heavy atom. The summed E-state index contributed by atoms with van der Waals surface area (Å²) in [5.74, 6) is 1.04. The molecule has 1 heterocycles. The summed E-state index contributed by atoms with van der Waals surface area (Å²) in [5.41, 5.74) is 1.38. The maximum absolute atomic E-state index is 13.2. The van der Waals surface area contributed by atoms with E-state index in [-0.39, 0.29) is 5.56 Å². The molecule has 0 aliphatic heterocycles. The Labute approximate surface area is 188 Å². The molecule has 0 saturated heterocycles. The fraction of sp³-hybridized carbons (Fsp3) is 0.130. The van der Waals surface area contributed by atoms with E-state index in [2.05, 4.69) is 0 Å². The number of ether oxygens (including phenoxy) is 1. The minimum absolute atomic E-state index is 0.0960. The summed E-state index contributed by atoms with van der Waals surface area (Å²) in [7, 11) is 0. The molecule has 4 rings (SSSR count). The molecule has 0 unspecified atom stereocenters. The molecule has 30 heavy (non-hydrogen) atoms. The first kappa shape index (κ1) is 20.7. The Bertz CT molecular complexity index is 1230. The van der Waals surface area contributed by atoms with Crippen LogP contribution in [0.1, 0.15) is 6.42 Å². The van der Waals surface area contributed by atoms with Crippen molar-refractivity contribution in [1.82, 2.24) is 9.55 Å². The normalized spacial score (nSPS) is 11.0. The summed E-state index contributed by atoms with van der Waals surface area (Å²) < 4.78 is 7.43. The lowest BCUT2D eigenvalue weighted by atomic mass is 10.1. The van der Waals surface area contributed by atoms with Crippen molar-refractivity contribution in [2.75, 3.05) is 6.61 Å². The van der Waals surface area contributed by atoms with Crippen LogP contribution in [0.5, 0.6) is 5.75 Å². The number of fused-ring (bicyclic) bond motifs is 1. The van der Waals surface area contributed by atoms with Gasteiger partial charge < -0.3 is 4.74 Å². The van der Waals surface area contributed by atoms with Crippen LogP contribution >= 0.6 is 34.8 Å². The molecule has 0 spiro atoms. The van der Waals surface area contributed by atoms with E-state index in [0.717, 1.165) is 5.56 Å². The maximum Gasteiger partial charge on any atom is 0.261 e. The highest BCUT2D eigenvalue weighted by atomic mass is 35.5.